The van der Waals surface area contributed by atoms with Gasteiger partial charge in [-0.15, -0.1) is 0 Å². The van der Waals surface area contributed by atoms with Crippen LogP contribution in [0.25, 0.3) is 16.6 Å². The highest BCUT2D eigenvalue weighted by molar-refractivity contribution is 5.94. The molecule has 0 saturated heterocycles. The molecule has 0 radical (unpaired) electrons. The zero-order valence-electron chi connectivity index (χ0n) is 17.0. The molecule has 1 amide bonds. The van der Waals surface area contributed by atoms with Gasteiger partial charge < -0.3 is 15.0 Å². The van der Waals surface area contributed by atoms with Crippen molar-refractivity contribution in [3.63, 3.8) is 0 Å². The Morgan fingerprint density at radius 1 is 1.07 bits per heavy atom. The summed E-state index contributed by atoms with van der Waals surface area (Å²) in [5.74, 6) is 0.614. The number of amides is 1. The minimum absolute atomic E-state index is 0.105. The van der Waals surface area contributed by atoms with E-state index in [0.717, 1.165) is 40.9 Å². The predicted molar refractivity (Wildman–Crippen MR) is 116 cm³/mol. The van der Waals surface area contributed by atoms with Gasteiger partial charge in [-0.1, -0.05) is 13.3 Å². The summed E-state index contributed by atoms with van der Waals surface area (Å²) in [6, 6.07) is 16.4. The lowest BCUT2D eigenvalue weighted by Gasteiger charge is -2.06. The number of carbonyl (C=O) groups excluding carboxylic acids is 1. The molecule has 2 aromatic carbocycles. The molecule has 0 spiro atoms. The van der Waals surface area contributed by atoms with E-state index in [1.807, 2.05) is 24.3 Å². The molecule has 4 aromatic rings. The van der Waals surface area contributed by atoms with Crippen LogP contribution in [-0.4, -0.2) is 27.8 Å². The fourth-order valence-corrected chi connectivity index (χ4v) is 3.47. The van der Waals surface area contributed by atoms with Crippen molar-refractivity contribution in [2.75, 3.05) is 7.11 Å². The molecule has 0 aliphatic carbocycles. The van der Waals surface area contributed by atoms with Crippen molar-refractivity contribution in [2.24, 2.45) is 0 Å². The van der Waals surface area contributed by atoms with Crippen molar-refractivity contribution >= 4 is 16.8 Å². The van der Waals surface area contributed by atoms with Crippen LogP contribution in [0.5, 0.6) is 5.75 Å². The van der Waals surface area contributed by atoms with Crippen molar-refractivity contribution in [1.82, 2.24) is 20.1 Å². The lowest BCUT2D eigenvalue weighted by molar-refractivity contribution is 0.0950. The van der Waals surface area contributed by atoms with Gasteiger partial charge in [0.1, 0.15) is 5.75 Å². The second-order valence-electron chi connectivity index (χ2n) is 7.18. The first-order valence-corrected chi connectivity index (χ1v) is 9.92. The fraction of sp³-hybridized carbons (Fsp3) is 0.217. The second kappa shape index (κ2) is 8.32. The predicted octanol–water partition coefficient (Wildman–Crippen LogP) is 3.54. The van der Waals surface area contributed by atoms with Gasteiger partial charge in [-0.2, -0.15) is 0 Å². The second-order valence-corrected chi connectivity index (χ2v) is 7.18. The smallest absolute Gasteiger partial charge is 0.271 e. The number of hydrogen-bond acceptors (Lipinski definition) is 3. The van der Waals surface area contributed by atoms with Crippen LogP contribution < -0.4 is 15.6 Å². The molecule has 2 aromatic heterocycles. The number of aromatic nitrogens is 3. The van der Waals surface area contributed by atoms with E-state index in [9.17, 15) is 9.59 Å². The number of aryl methyl sites for hydroxylation is 1. The first kappa shape index (κ1) is 19.6. The van der Waals surface area contributed by atoms with Crippen LogP contribution in [0.1, 0.15) is 35.1 Å². The van der Waals surface area contributed by atoms with E-state index in [1.54, 1.807) is 37.4 Å². The minimum atomic E-state index is -0.178. The van der Waals surface area contributed by atoms with E-state index in [4.69, 9.17) is 4.74 Å². The van der Waals surface area contributed by atoms with Gasteiger partial charge in [0, 0.05) is 33.9 Å². The van der Waals surface area contributed by atoms with Crippen molar-refractivity contribution in [3.8, 4) is 11.4 Å². The zero-order chi connectivity index (χ0) is 21.1. The molecule has 0 fully saturated rings. The van der Waals surface area contributed by atoms with Crippen LogP contribution in [0.3, 0.4) is 0 Å². The van der Waals surface area contributed by atoms with Crippen molar-refractivity contribution in [3.05, 3.63) is 81.9 Å². The van der Waals surface area contributed by atoms with Crippen LogP contribution in [0.4, 0.5) is 0 Å². The molecule has 154 valence electrons. The summed E-state index contributed by atoms with van der Waals surface area (Å²) in [6.07, 6.45) is 1.78. The van der Waals surface area contributed by atoms with Crippen LogP contribution in [0, 0.1) is 0 Å². The molecule has 2 heterocycles. The summed E-state index contributed by atoms with van der Waals surface area (Å²) in [4.78, 5) is 28.0. The van der Waals surface area contributed by atoms with Gasteiger partial charge in [-0.3, -0.25) is 14.7 Å². The highest BCUT2D eigenvalue weighted by atomic mass is 16.5. The third-order valence-corrected chi connectivity index (χ3v) is 5.00. The minimum Gasteiger partial charge on any atom is -0.497 e. The SMILES string of the molecule is CCCc1cc(=O)n(-c2ccc(C(=O)NCc3cc4cc(OC)ccc4[nH]3)cc2)[nH]1. The van der Waals surface area contributed by atoms with Gasteiger partial charge in [-0.25, -0.2) is 4.68 Å². The molecule has 30 heavy (non-hydrogen) atoms. The third-order valence-electron chi connectivity index (χ3n) is 5.00. The number of methoxy groups -OCH3 is 1. The van der Waals surface area contributed by atoms with E-state index >= 15 is 0 Å². The zero-order valence-corrected chi connectivity index (χ0v) is 17.0. The molecular formula is C23H24N4O3. The van der Waals surface area contributed by atoms with Gasteiger partial charge in [0.25, 0.3) is 11.5 Å². The van der Waals surface area contributed by atoms with Crippen LogP contribution >= 0.6 is 0 Å². The number of nitrogens with zero attached hydrogens (tertiary/aromatic N) is 1. The molecule has 0 saturated carbocycles. The molecule has 0 aliphatic rings. The average Bonchev–Trinajstić information content (AvgIpc) is 3.34. The number of nitrogens with one attached hydrogen (secondary N) is 3. The monoisotopic (exact) mass is 404 g/mol. The number of ether oxygens (including phenoxy) is 1. The quantitative estimate of drug-likeness (QED) is 0.440. The molecule has 7 heteroatoms. The summed E-state index contributed by atoms with van der Waals surface area (Å²) >= 11 is 0. The standard InChI is InChI=1S/C23H24N4O3/c1-3-4-17-13-22(28)27(26-17)19-7-5-15(6-8-19)23(29)24-14-18-11-16-12-20(30-2)9-10-21(16)25-18/h5-13,25-26H,3-4,14H2,1-2H3,(H,24,29). The molecule has 0 unspecified atom stereocenters. The van der Waals surface area contributed by atoms with Crippen molar-refractivity contribution in [1.29, 1.82) is 0 Å². The van der Waals surface area contributed by atoms with Gasteiger partial charge in [0.05, 0.1) is 19.3 Å². The van der Waals surface area contributed by atoms with E-state index in [1.165, 1.54) is 4.68 Å². The van der Waals surface area contributed by atoms with Gasteiger partial charge in [-0.05, 0) is 55.0 Å². The van der Waals surface area contributed by atoms with E-state index < -0.39 is 0 Å². The Bertz CT molecular complexity index is 1230. The topological polar surface area (TPSA) is 91.9 Å². The largest absolute Gasteiger partial charge is 0.497 e. The molecule has 0 aliphatic heterocycles. The first-order valence-electron chi connectivity index (χ1n) is 9.92. The lowest BCUT2D eigenvalue weighted by Crippen LogP contribution is -2.23. The van der Waals surface area contributed by atoms with Crippen LogP contribution in [0.2, 0.25) is 0 Å². The highest BCUT2D eigenvalue weighted by Crippen LogP contribution is 2.21. The Morgan fingerprint density at radius 2 is 1.87 bits per heavy atom. The molecule has 0 bridgehead atoms. The Balaban J connectivity index is 1.43. The van der Waals surface area contributed by atoms with Crippen molar-refractivity contribution < 1.29 is 9.53 Å². The number of carbonyl (C=O) groups is 1. The summed E-state index contributed by atoms with van der Waals surface area (Å²) in [5.41, 5.74) is 3.92. The fourth-order valence-electron chi connectivity index (χ4n) is 3.47. The lowest BCUT2D eigenvalue weighted by atomic mass is 10.2. The first-order chi connectivity index (χ1) is 14.6. The van der Waals surface area contributed by atoms with Crippen LogP contribution in [-0.2, 0) is 13.0 Å². The number of benzene rings is 2. The van der Waals surface area contributed by atoms with Crippen molar-refractivity contribution in [2.45, 2.75) is 26.3 Å². The number of fused-ring (bicyclic) bond motifs is 1. The molecule has 7 nitrogen and oxygen atoms in total. The maximum atomic E-state index is 12.5. The molecule has 4 rings (SSSR count). The summed E-state index contributed by atoms with van der Waals surface area (Å²) < 4.78 is 6.73. The van der Waals surface area contributed by atoms with Gasteiger partial charge >= 0.3 is 0 Å². The Hall–Kier alpha value is -3.74. The van der Waals surface area contributed by atoms with E-state index in [0.29, 0.717) is 17.8 Å². The maximum Gasteiger partial charge on any atom is 0.271 e. The van der Waals surface area contributed by atoms with Gasteiger partial charge in [0.2, 0.25) is 0 Å². The van der Waals surface area contributed by atoms with E-state index in [2.05, 4.69) is 22.3 Å². The molecule has 0 atom stereocenters. The van der Waals surface area contributed by atoms with Crippen LogP contribution in [0.15, 0.2) is 59.4 Å². The number of hydrogen-bond donors (Lipinski definition) is 3. The van der Waals surface area contributed by atoms with Gasteiger partial charge in [0.15, 0.2) is 0 Å². The number of H-pyrrole nitrogens is 2. The number of aromatic amines is 2. The number of rotatable bonds is 7. The summed E-state index contributed by atoms with van der Waals surface area (Å²) in [5, 5.41) is 7.05. The van der Waals surface area contributed by atoms with E-state index in [-0.39, 0.29) is 11.5 Å². The Morgan fingerprint density at radius 3 is 2.60 bits per heavy atom. The summed E-state index contributed by atoms with van der Waals surface area (Å²) in [7, 11) is 1.64. The third kappa shape index (κ3) is 4.00. The normalized spacial score (nSPS) is 11.0. The maximum absolute atomic E-state index is 12.5. The summed E-state index contributed by atoms with van der Waals surface area (Å²) in [6.45, 7) is 2.45. The average molecular weight is 404 g/mol. The highest BCUT2D eigenvalue weighted by Gasteiger charge is 2.09. The Kier molecular flexibility index (Phi) is 5.43. The molecule has 3 N–H and O–H groups in total. The Labute approximate surface area is 173 Å². The molecular weight excluding hydrogens is 380 g/mol.